The summed E-state index contributed by atoms with van der Waals surface area (Å²) in [6.45, 7) is 2.16. The van der Waals surface area contributed by atoms with Gasteiger partial charge in [-0.1, -0.05) is 30.3 Å². The largest absolute Gasteiger partial charge is 0.326 e. The summed E-state index contributed by atoms with van der Waals surface area (Å²) in [5.74, 6) is -0.585. The summed E-state index contributed by atoms with van der Waals surface area (Å²) in [6, 6.07) is 11.8. The Morgan fingerprint density at radius 3 is 2.43 bits per heavy atom. The van der Waals surface area contributed by atoms with Gasteiger partial charge in [-0.3, -0.25) is 0 Å². The Bertz CT molecular complexity index is 715. The van der Waals surface area contributed by atoms with E-state index in [2.05, 4.69) is 4.72 Å². The first-order chi connectivity index (χ1) is 9.92. The van der Waals surface area contributed by atoms with Gasteiger partial charge in [0.05, 0.1) is 4.90 Å². The molecule has 0 aliphatic carbocycles. The standard InChI is InChI=1S/C15H17FN2O2S/c1-11(13-7-5-12(10-17)6-8-13)18-21(19,20)15-4-2-3-14(16)9-15/h2-9,11,18H,10,17H2,1H3. The molecular weight excluding hydrogens is 291 g/mol. The molecule has 0 saturated carbocycles. The van der Waals surface area contributed by atoms with E-state index in [1.807, 2.05) is 24.3 Å². The van der Waals surface area contributed by atoms with Gasteiger partial charge >= 0.3 is 0 Å². The molecule has 1 unspecified atom stereocenters. The van der Waals surface area contributed by atoms with Gasteiger partial charge in [-0.2, -0.15) is 0 Å². The summed E-state index contributed by atoms with van der Waals surface area (Å²) in [6.07, 6.45) is 0. The predicted molar refractivity (Wildman–Crippen MR) is 79.5 cm³/mol. The molecule has 0 amide bonds. The SMILES string of the molecule is CC(NS(=O)(=O)c1cccc(F)c1)c1ccc(CN)cc1. The lowest BCUT2D eigenvalue weighted by Gasteiger charge is -2.15. The molecule has 2 aromatic rings. The molecule has 0 radical (unpaired) electrons. The summed E-state index contributed by atoms with van der Waals surface area (Å²) in [4.78, 5) is -0.0899. The van der Waals surface area contributed by atoms with Crippen molar-refractivity contribution in [3.8, 4) is 0 Å². The summed E-state index contributed by atoms with van der Waals surface area (Å²) in [7, 11) is -3.76. The number of sulfonamides is 1. The van der Waals surface area contributed by atoms with Crippen LogP contribution in [-0.2, 0) is 16.6 Å². The number of hydrogen-bond donors (Lipinski definition) is 2. The van der Waals surface area contributed by atoms with Crippen LogP contribution >= 0.6 is 0 Å². The highest BCUT2D eigenvalue weighted by atomic mass is 32.2. The van der Waals surface area contributed by atoms with Crippen molar-refractivity contribution in [1.29, 1.82) is 0 Å². The number of hydrogen-bond acceptors (Lipinski definition) is 3. The van der Waals surface area contributed by atoms with Crippen molar-refractivity contribution in [2.24, 2.45) is 5.73 Å². The van der Waals surface area contributed by atoms with Crippen molar-refractivity contribution >= 4 is 10.0 Å². The van der Waals surface area contributed by atoms with Gasteiger partial charge in [-0.15, -0.1) is 0 Å². The van der Waals surface area contributed by atoms with E-state index in [0.717, 1.165) is 17.2 Å². The van der Waals surface area contributed by atoms with E-state index in [-0.39, 0.29) is 4.90 Å². The molecule has 0 aliphatic rings. The molecule has 0 spiro atoms. The smallest absolute Gasteiger partial charge is 0.241 e. The third-order valence-electron chi connectivity index (χ3n) is 3.15. The zero-order chi connectivity index (χ0) is 15.5. The van der Waals surface area contributed by atoms with Crippen LogP contribution in [0.15, 0.2) is 53.4 Å². The second-order valence-corrected chi connectivity index (χ2v) is 6.46. The van der Waals surface area contributed by atoms with Gasteiger partial charge in [-0.05, 0) is 36.2 Å². The molecule has 21 heavy (non-hydrogen) atoms. The lowest BCUT2D eigenvalue weighted by atomic mass is 10.1. The molecule has 0 fully saturated rings. The number of nitrogens with two attached hydrogens (primary N) is 1. The molecule has 0 saturated heterocycles. The van der Waals surface area contributed by atoms with Crippen LogP contribution in [0.4, 0.5) is 4.39 Å². The van der Waals surface area contributed by atoms with Gasteiger partial charge in [-0.25, -0.2) is 17.5 Å². The normalized spacial score (nSPS) is 13.1. The molecule has 4 nitrogen and oxygen atoms in total. The highest BCUT2D eigenvalue weighted by Gasteiger charge is 2.18. The first-order valence-corrected chi connectivity index (χ1v) is 7.97. The average Bonchev–Trinajstić information content (AvgIpc) is 2.47. The van der Waals surface area contributed by atoms with Crippen LogP contribution in [0.2, 0.25) is 0 Å². The van der Waals surface area contributed by atoms with Gasteiger partial charge in [0.25, 0.3) is 0 Å². The van der Waals surface area contributed by atoms with Gasteiger partial charge in [0, 0.05) is 12.6 Å². The minimum Gasteiger partial charge on any atom is -0.326 e. The maximum absolute atomic E-state index is 13.1. The Kier molecular flexibility index (Phi) is 4.72. The molecule has 0 heterocycles. The Hall–Kier alpha value is -1.76. The number of nitrogens with one attached hydrogen (secondary N) is 1. The van der Waals surface area contributed by atoms with Crippen molar-refractivity contribution in [2.45, 2.75) is 24.4 Å². The quantitative estimate of drug-likeness (QED) is 0.890. The van der Waals surface area contributed by atoms with Crippen LogP contribution in [-0.4, -0.2) is 8.42 Å². The van der Waals surface area contributed by atoms with Gasteiger partial charge in [0.2, 0.25) is 10.0 Å². The molecule has 0 aromatic heterocycles. The van der Waals surface area contributed by atoms with Crippen molar-refractivity contribution < 1.29 is 12.8 Å². The topological polar surface area (TPSA) is 72.2 Å². The molecule has 0 aliphatic heterocycles. The highest BCUT2D eigenvalue weighted by molar-refractivity contribution is 7.89. The molecule has 2 aromatic carbocycles. The molecule has 2 rings (SSSR count). The van der Waals surface area contributed by atoms with E-state index in [4.69, 9.17) is 5.73 Å². The summed E-state index contributed by atoms with van der Waals surface area (Å²) in [5.41, 5.74) is 7.30. The predicted octanol–water partition coefficient (Wildman–Crippen LogP) is 2.32. The molecule has 1 atom stereocenters. The van der Waals surface area contributed by atoms with Crippen LogP contribution in [0.1, 0.15) is 24.1 Å². The Labute approximate surface area is 123 Å². The number of benzene rings is 2. The van der Waals surface area contributed by atoms with E-state index >= 15 is 0 Å². The van der Waals surface area contributed by atoms with E-state index in [1.54, 1.807) is 6.92 Å². The molecular formula is C15H17FN2O2S. The lowest BCUT2D eigenvalue weighted by molar-refractivity contribution is 0.564. The summed E-state index contributed by atoms with van der Waals surface area (Å²) < 4.78 is 40.1. The van der Waals surface area contributed by atoms with Crippen molar-refractivity contribution in [2.75, 3.05) is 0 Å². The van der Waals surface area contributed by atoms with Crippen LogP contribution in [0.3, 0.4) is 0 Å². The second kappa shape index (κ2) is 6.34. The zero-order valence-electron chi connectivity index (χ0n) is 11.6. The van der Waals surface area contributed by atoms with E-state index in [1.165, 1.54) is 18.2 Å². The third-order valence-corrected chi connectivity index (χ3v) is 4.69. The van der Waals surface area contributed by atoms with Crippen LogP contribution in [0, 0.1) is 5.82 Å². The fraction of sp³-hybridized carbons (Fsp3) is 0.200. The highest BCUT2D eigenvalue weighted by Crippen LogP contribution is 2.18. The third kappa shape index (κ3) is 3.87. The Morgan fingerprint density at radius 1 is 1.19 bits per heavy atom. The second-order valence-electron chi connectivity index (χ2n) is 4.75. The first-order valence-electron chi connectivity index (χ1n) is 6.49. The van der Waals surface area contributed by atoms with Crippen molar-refractivity contribution in [3.05, 3.63) is 65.5 Å². The zero-order valence-corrected chi connectivity index (χ0v) is 12.4. The molecule has 6 heteroatoms. The van der Waals surface area contributed by atoms with Crippen LogP contribution in [0.5, 0.6) is 0 Å². The van der Waals surface area contributed by atoms with E-state index < -0.39 is 21.9 Å². The fourth-order valence-electron chi connectivity index (χ4n) is 1.95. The average molecular weight is 308 g/mol. The van der Waals surface area contributed by atoms with Crippen LogP contribution in [0.25, 0.3) is 0 Å². The first kappa shape index (κ1) is 15.6. The Morgan fingerprint density at radius 2 is 1.86 bits per heavy atom. The van der Waals surface area contributed by atoms with E-state index in [9.17, 15) is 12.8 Å². The summed E-state index contributed by atoms with van der Waals surface area (Å²) >= 11 is 0. The summed E-state index contributed by atoms with van der Waals surface area (Å²) in [5, 5.41) is 0. The van der Waals surface area contributed by atoms with Crippen molar-refractivity contribution in [1.82, 2.24) is 4.72 Å². The van der Waals surface area contributed by atoms with Crippen LogP contribution < -0.4 is 10.5 Å². The van der Waals surface area contributed by atoms with Gasteiger partial charge in [0.1, 0.15) is 5.82 Å². The van der Waals surface area contributed by atoms with E-state index in [0.29, 0.717) is 6.54 Å². The number of halogens is 1. The lowest BCUT2D eigenvalue weighted by Crippen LogP contribution is -2.27. The molecule has 112 valence electrons. The van der Waals surface area contributed by atoms with Gasteiger partial charge < -0.3 is 5.73 Å². The fourth-order valence-corrected chi connectivity index (χ4v) is 3.21. The Balaban J connectivity index is 2.19. The number of rotatable bonds is 5. The monoisotopic (exact) mass is 308 g/mol. The van der Waals surface area contributed by atoms with Crippen molar-refractivity contribution in [3.63, 3.8) is 0 Å². The van der Waals surface area contributed by atoms with Gasteiger partial charge in [0.15, 0.2) is 0 Å². The minimum absolute atomic E-state index is 0.0899. The minimum atomic E-state index is -3.76. The molecule has 0 bridgehead atoms. The molecule has 3 N–H and O–H groups in total. The maximum Gasteiger partial charge on any atom is 0.241 e. The maximum atomic E-state index is 13.1.